The molecule has 1 aliphatic carbocycles. The van der Waals surface area contributed by atoms with Gasteiger partial charge in [0.25, 0.3) is 0 Å². The van der Waals surface area contributed by atoms with Crippen molar-refractivity contribution >= 4 is 5.97 Å². The second-order valence-electron chi connectivity index (χ2n) is 5.92. The zero-order chi connectivity index (χ0) is 13.9. The largest absolute Gasteiger partial charge is 0.478 e. The van der Waals surface area contributed by atoms with Crippen LogP contribution in [0.3, 0.4) is 0 Å². The third-order valence-electron chi connectivity index (χ3n) is 4.39. The number of carboxylic acids is 1. The Morgan fingerprint density at radius 1 is 1.15 bits per heavy atom. The molecule has 3 rings (SSSR count). The highest BCUT2D eigenvalue weighted by atomic mass is 16.4. The average molecular weight is 274 g/mol. The van der Waals surface area contributed by atoms with Gasteiger partial charge in [0, 0.05) is 18.6 Å². The van der Waals surface area contributed by atoms with Gasteiger partial charge in [0.15, 0.2) is 0 Å². The van der Waals surface area contributed by atoms with Crippen LogP contribution in [0.15, 0.2) is 24.3 Å². The molecular formula is C16H22N2O2. The van der Waals surface area contributed by atoms with Crippen LogP contribution in [0.5, 0.6) is 0 Å². The number of nitrogens with zero attached hydrogens (tertiary/aromatic N) is 1. The van der Waals surface area contributed by atoms with Crippen molar-refractivity contribution in [1.82, 2.24) is 10.2 Å². The highest BCUT2D eigenvalue weighted by molar-refractivity contribution is 5.87. The van der Waals surface area contributed by atoms with E-state index in [1.807, 2.05) is 12.1 Å². The summed E-state index contributed by atoms with van der Waals surface area (Å²) in [5.41, 5.74) is 1.51. The molecular weight excluding hydrogens is 252 g/mol. The van der Waals surface area contributed by atoms with Crippen molar-refractivity contribution in [2.45, 2.75) is 44.3 Å². The number of nitrogens with one attached hydrogen (secondary N) is 1. The fraction of sp³-hybridized carbons (Fsp3) is 0.562. The predicted octanol–water partition coefficient (Wildman–Crippen LogP) is 2.10. The van der Waals surface area contributed by atoms with Crippen LogP contribution < -0.4 is 5.32 Å². The smallest absolute Gasteiger partial charge is 0.335 e. The molecule has 0 aromatic heterocycles. The van der Waals surface area contributed by atoms with Crippen molar-refractivity contribution in [2.24, 2.45) is 0 Å². The first-order valence-electron chi connectivity index (χ1n) is 7.52. The van der Waals surface area contributed by atoms with E-state index in [0.717, 1.165) is 18.2 Å². The average Bonchev–Trinajstić information content (AvgIpc) is 3.31. The van der Waals surface area contributed by atoms with E-state index in [-0.39, 0.29) is 0 Å². The van der Waals surface area contributed by atoms with E-state index in [0.29, 0.717) is 11.6 Å². The predicted molar refractivity (Wildman–Crippen MR) is 77.9 cm³/mol. The van der Waals surface area contributed by atoms with Gasteiger partial charge in [0.2, 0.25) is 0 Å². The highest BCUT2D eigenvalue weighted by Crippen LogP contribution is 2.29. The van der Waals surface area contributed by atoms with E-state index < -0.39 is 5.97 Å². The minimum Gasteiger partial charge on any atom is -0.478 e. The number of hydrogen-bond donors (Lipinski definition) is 2. The zero-order valence-corrected chi connectivity index (χ0v) is 11.7. The molecule has 1 aliphatic heterocycles. The van der Waals surface area contributed by atoms with Gasteiger partial charge in [-0.2, -0.15) is 0 Å². The molecule has 1 aromatic carbocycles. The van der Waals surface area contributed by atoms with Gasteiger partial charge in [-0.15, -0.1) is 0 Å². The Labute approximate surface area is 119 Å². The van der Waals surface area contributed by atoms with E-state index >= 15 is 0 Å². The molecule has 108 valence electrons. The Morgan fingerprint density at radius 3 is 2.35 bits per heavy atom. The van der Waals surface area contributed by atoms with Gasteiger partial charge in [0.1, 0.15) is 0 Å². The van der Waals surface area contributed by atoms with E-state index in [2.05, 4.69) is 10.2 Å². The lowest BCUT2D eigenvalue weighted by Crippen LogP contribution is -2.43. The van der Waals surface area contributed by atoms with Crippen LogP contribution in [0, 0.1) is 0 Å². The number of rotatable bonds is 5. The Balaban J connectivity index is 1.44. The molecule has 0 spiro atoms. The maximum Gasteiger partial charge on any atom is 0.335 e. The van der Waals surface area contributed by atoms with Gasteiger partial charge < -0.3 is 15.3 Å². The molecule has 4 heteroatoms. The van der Waals surface area contributed by atoms with Gasteiger partial charge in [-0.25, -0.2) is 4.79 Å². The van der Waals surface area contributed by atoms with E-state index in [1.165, 1.54) is 38.8 Å². The molecule has 2 N–H and O–H groups in total. The summed E-state index contributed by atoms with van der Waals surface area (Å²) in [6.45, 7) is 3.27. The summed E-state index contributed by atoms with van der Waals surface area (Å²) in [6, 6.07) is 8.64. The van der Waals surface area contributed by atoms with Crippen molar-refractivity contribution in [3.63, 3.8) is 0 Å². The van der Waals surface area contributed by atoms with Crippen LogP contribution >= 0.6 is 0 Å². The molecule has 1 saturated heterocycles. The molecule has 1 saturated carbocycles. The zero-order valence-electron chi connectivity index (χ0n) is 11.7. The first kappa shape index (κ1) is 13.6. The maximum atomic E-state index is 10.8. The maximum absolute atomic E-state index is 10.8. The third kappa shape index (κ3) is 3.38. The summed E-state index contributed by atoms with van der Waals surface area (Å²) in [4.78, 5) is 13.4. The van der Waals surface area contributed by atoms with Gasteiger partial charge in [-0.1, -0.05) is 12.1 Å². The van der Waals surface area contributed by atoms with E-state index in [9.17, 15) is 4.79 Å². The standard InChI is InChI=1S/C16H22N2O2/c19-16(20)13-3-1-12(2-4-13)11-17-14-7-9-18(10-8-14)15-5-6-15/h1-4,14-15,17H,5-11H2,(H,19,20). The van der Waals surface area contributed by atoms with Crippen molar-refractivity contribution in [2.75, 3.05) is 13.1 Å². The fourth-order valence-corrected chi connectivity index (χ4v) is 2.94. The molecule has 4 nitrogen and oxygen atoms in total. The van der Waals surface area contributed by atoms with Crippen LogP contribution in [-0.2, 0) is 6.54 Å². The number of piperidine rings is 1. The number of aromatic carboxylic acids is 1. The second-order valence-corrected chi connectivity index (χ2v) is 5.92. The Bertz CT molecular complexity index is 460. The first-order chi connectivity index (χ1) is 9.72. The highest BCUT2D eigenvalue weighted by Gasteiger charge is 2.31. The number of carboxylic acid groups (broad SMARTS) is 1. The molecule has 2 fully saturated rings. The van der Waals surface area contributed by atoms with Crippen LogP contribution in [0.4, 0.5) is 0 Å². The molecule has 0 radical (unpaired) electrons. The monoisotopic (exact) mass is 274 g/mol. The van der Waals surface area contributed by atoms with Gasteiger partial charge in [-0.3, -0.25) is 0 Å². The van der Waals surface area contributed by atoms with Gasteiger partial charge >= 0.3 is 5.97 Å². The molecule has 0 atom stereocenters. The van der Waals surface area contributed by atoms with Crippen molar-refractivity contribution in [3.05, 3.63) is 35.4 Å². The number of hydrogen-bond acceptors (Lipinski definition) is 3. The molecule has 0 bridgehead atoms. The van der Waals surface area contributed by atoms with Crippen LogP contribution in [0.1, 0.15) is 41.6 Å². The fourth-order valence-electron chi connectivity index (χ4n) is 2.94. The summed E-state index contributed by atoms with van der Waals surface area (Å²) in [6.07, 6.45) is 5.25. The number of likely N-dealkylation sites (tertiary alicyclic amines) is 1. The summed E-state index contributed by atoms with van der Waals surface area (Å²) in [5, 5.41) is 12.5. The topological polar surface area (TPSA) is 52.6 Å². The lowest BCUT2D eigenvalue weighted by atomic mass is 10.0. The Kier molecular flexibility index (Phi) is 4.03. The summed E-state index contributed by atoms with van der Waals surface area (Å²) >= 11 is 0. The van der Waals surface area contributed by atoms with E-state index in [4.69, 9.17) is 5.11 Å². The van der Waals surface area contributed by atoms with Crippen LogP contribution in [0.2, 0.25) is 0 Å². The van der Waals surface area contributed by atoms with Gasteiger partial charge in [-0.05, 0) is 56.5 Å². The SMILES string of the molecule is O=C(O)c1ccc(CNC2CCN(C3CC3)CC2)cc1. The molecule has 0 unspecified atom stereocenters. The minimum absolute atomic E-state index is 0.353. The van der Waals surface area contributed by atoms with Gasteiger partial charge in [0.05, 0.1) is 5.56 Å². The molecule has 20 heavy (non-hydrogen) atoms. The van der Waals surface area contributed by atoms with Crippen molar-refractivity contribution < 1.29 is 9.90 Å². The molecule has 0 amide bonds. The Hall–Kier alpha value is -1.39. The second kappa shape index (κ2) is 5.94. The quantitative estimate of drug-likeness (QED) is 0.863. The third-order valence-corrected chi connectivity index (χ3v) is 4.39. The molecule has 1 heterocycles. The summed E-state index contributed by atoms with van der Waals surface area (Å²) in [7, 11) is 0. The Morgan fingerprint density at radius 2 is 1.80 bits per heavy atom. The lowest BCUT2D eigenvalue weighted by Gasteiger charge is -2.32. The number of benzene rings is 1. The minimum atomic E-state index is -0.864. The lowest BCUT2D eigenvalue weighted by molar-refractivity contribution is 0.0697. The summed E-state index contributed by atoms with van der Waals surface area (Å²) < 4.78 is 0. The molecule has 1 aromatic rings. The van der Waals surface area contributed by atoms with E-state index in [1.54, 1.807) is 12.1 Å². The normalized spacial score (nSPS) is 21.0. The molecule has 2 aliphatic rings. The summed E-state index contributed by atoms with van der Waals surface area (Å²) in [5.74, 6) is -0.864. The number of carbonyl (C=O) groups is 1. The first-order valence-corrected chi connectivity index (χ1v) is 7.52. The van der Waals surface area contributed by atoms with Crippen molar-refractivity contribution in [3.8, 4) is 0 Å². The van der Waals surface area contributed by atoms with Crippen LogP contribution in [0.25, 0.3) is 0 Å². The van der Waals surface area contributed by atoms with Crippen molar-refractivity contribution in [1.29, 1.82) is 0 Å². The van der Waals surface area contributed by atoms with Crippen LogP contribution in [-0.4, -0.2) is 41.1 Å².